The third-order valence-corrected chi connectivity index (χ3v) is 4.04. The summed E-state index contributed by atoms with van der Waals surface area (Å²) in [5, 5.41) is 9.24. The van der Waals surface area contributed by atoms with Crippen LogP contribution in [0.15, 0.2) is 23.0 Å². The quantitative estimate of drug-likeness (QED) is 0.871. The minimum Gasteiger partial charge on any atom is -0.478 e. The molecule has 0 aliphatic heterocycles. The molecule has 2 aromatic rings. The van der Waals surface area contributed by atoms with Crippen molar-refractivity contribution in [3.63, 3.8) is 0 Å². The van der Waals surface area contributed by atoms with E-state index in [0.717, 1.165) is 0 Å². The molecule has 0 fully saturated rings. The van der Waals surface area contributed by atoms with E-state index >= 15 is 0 Å². The Morgan fingerprint density at radius 1 is 1.50 bits per heavy atom. The number of aromatic amines is 1. The van der Waals surface area contributed by atoms with E-state index < -0.39 is 16.8 Å². The molecule has 2 unspecified atom stereocenters. The Balaban J connectivity index is 2.57. The number of imidazole rings is 1. The lowest BCUT2D eigenvalue weighted by molar-refractivity contribution is 0.0698. The average Bonchev–Trinajstić information content (AvgIpc) is 2.71. The first kappa shape index (κ1) is 14.5. The van der Waals surface area contributed by atoms with Gasteiger partial charge in [0.05, 0.1) is 16.6 Å². The topological polar surface area (TPSA) is 92.2 Å². The number of carboxylic acids is 1. The van der Waals surface area contributed by atoms with Gasteiger partial charge in [-0.15, -0.1) is 0 Å². The van der Waals surface area contributed by atoms with Crippen LogP contribution in [0.2, 0.25) is 0 Å². The molecule has 0 aliphatic carbocycles. The highest BCUT2D eigenvalue weighted by atomic mass is 32.2. The van der Waals surface area contributed by atoms with Crippen LogP contribution >= 0.6 is 0 Å². The van der Waals surface area contributed by atoms with Crippen molar-refractivity contribution in [3.8, 4) is 0 Å². The van der Waals surface area contributed by atoms with E-state index in [1.165, 1.54) is 10.6 Å². The summed E-state index contributed by atoms with van der Waals surface area (Å²) < 4.78 is 12.6. The molecule has 1 aromatic heterocycles. The number of para-hydroxylation sites is 1. The van der Waals surface area contributed by atoms with Crippen LogP contribution < -0.4 is 5.69 Å². The number of carbonyl (C=O) groups is 1. The second kappa shape index (κ2) is 5.62. The highest BCUT2D eigenvalue weighted by Crippen LogP contribution is 2.21. The Morgan fingerprint density at radius 3 is 2.80 bits per heavy atom. The molecule has 2 rings (SSSR count). The van der Waals surface area contributed by atoms with Crippen molar-refractivity contribution in [2.45, 2.75) is 19.4 Å². The van der Waals surface area contributed by atoms with Crippen LogP contribution in [0.3, 0.4) is 0 Å². The zero-order chi connectivity index (χ0) is 14.9. The Morgan fingerprint density at radius 2 is 2.20 bits per heavy atom. The number of rotatable bonds is 5. The van der Waals surface area contributed by atoms with E-state index in [0.29, 0.717) is 23.2 Å². The standard InChI is InChI=1S/C13H16N2O4S/c1-8(6-7-20(2)19)15-11-9(12(16)17)4-3-5-10(11)14-13(15)18/h3-5,8H,6-7H2,1-2H3,(H,14,18)(H,16,17). The fourth-order valence-corrected chi connectivity index (χ4v) is 2.91. The second-order valence-electron chi connectivity index (χ2n) is 4.72. The first-order valence-corrected chi connectivity index (χ1v) is 7.91. The van der Waals surface area contributed by atoms with Crippen molar-refractivity contribution in [2.24, 2.45) is 0 Å². The van der Waals surface area contributed by atoms with Crippen LogP contribution in [0.5, 0.6) is 0 Å². The van der Waals surface area contributed by atoms with Crippen molar-refractivity contribution in [3.05, 3.63) is 34.2 Å². The molecule has 0 bridgehead atoms. The average molecular weight is 296 g/mol. The summed E-state index contributed by atoms with van der Waals surface area (Å²) in [5.41, 5.74) is 0.632. The van der Waals surface area contributed by atoms with E-state index in [9.17, 15) is 18.9 Å². The maximum Gasteiger partial charge on any atom is 0.337 e. The van der Waals surface area contributed by atoms with Crippen molar-refractivity contribution < 1.29 is 14.1 Å². The molecular weight excluding hydrogens is 280 g/mol. The van der Waals surface area contributed by atoms with Gasteiger partial charge >= 0.3 is 11.7 Å². The van der Waals surface area contributed by atoms with Crippen LogP contribution in [-0.4, -0.2) is 36.8 Å². The number of nitrogens with one attached hydrogen (secondary N) is 1. The maximum atomic E-state index is 12.0. The number of benzene rings is 1. The normalized spacial score (nSPS) is 14.3. The number of aromatic carboxylic acids is 1. The van der Waals surface area contributed by atoms with Gasteiger partial charge in [0.2, 0.25) is 0 Å². The highest BCUT2D eigenvalue weighted by molar-refractivity contribution is 7.84. The number of fused-ring (bicyclic) bond motifs is 1. The summed E-state index contributed by atoms with van der Waals surface area (Å²) in [6, 6.07) is 4.52. The monoisotopic (exact) mass is 296 g/mol. The van der Waals surface area contributed by atoms with Crippen molar-refractivity contribution in [1.29, 1.82) is 0 Å². The number of aromatic nitrogens is 2. The lowest BCUT2D eigenvalue weighted by Crippen LogP contribution is -2.22. The molecule has 108 valence electrons. The first-order chi connectivity index (χ1) is 9.41. The molecule has 0 saturated heterocycles. The summed E-state index contributed by atoms with van der Waals surface area (Å²) in [6.45, 7) is 1.82. The van der Waals surface area contributed by atoms with E-state index in [4.69, 9.17) is 0 Å². The van der Waals surface area contributed by atoms with Gasteiger partial charge in [-0.2, -0.15) is 0 Å². The Kier molecular flexibility index (Phi) is 4.08. The van der Waals surface area contributed by atoms with Gasteiger partial charge in [0, 0.05) is 28.9 Å². The summed E-state index contributed by atoms with van der Waals surface area (Å²) in [4.78, 5) is 26.0. The van der Waals surface area contributed by atoms with Crippen molar-refractivity contribution >= 4 is 27.8 Å². The van der Waals surface area contributed by atoms with E-state index in [2.05, 4.69) is 4.98 Å². The Bertz CT molecular complexity index is 732. The van der Waals surface area contributed by atoms with Gasteiger partial charge in [-0.3, -0.25) is 8.78 Å². The third kappa shape index (κ3) is 2.67. The fourth-order valence-electron chi connectivity index (χ4n) is 2.24. The zero-order valence-corrected chi connectivity index (χ0v) is 12.1. The summed E-state index contributed by atoms with van der Waals surface area (Å²) >= 11 is 0. The zero-order valence-electron chi connectivity index (χ0n) is 11.3. The van der Waals surface area contributed by atoms with Gasteiger partial charge in [-0.1, -0.05) is 6.07 Å². The van der Waals surface area contributed by atoms with Gasteiger partial charge in [-0.05, 0) is 25.5 Å². The van der Waals surface area contributed by atoms with Crippen LogP contribution in [0.25, 0.3) is 11.0 Å². The van der Waals surface area contributed by atoms with Crippen LogP contribution in [0, 0.1) is 0 Å². The van der Waals surface area contributed by atoms with Crippen LogP contribution in [-0.2, 0) is 10.8 Å². The summed E-state index contributed by atoms with van der Waals surface area (Å²) in [5.74, 6) is -0.607. The molecule has 0 spiro atoms. The molecule has 1 heterocycles. The number of hydrogen-bond donors (Lipinski definition) is 2. The minimum absolute atomic E-state index is 0.0883. The molecule has 2 atom stereocenters. The minimum atomic E-state index is -1.07. The summed E-state index contributed by atoms with van der Waals surface area (Å²) in [7, 11) is -0.944. The van der Waals surface area contributed by atoms with Crippen molar-refractivity contribution in [1.82, 2.24) is 9.55 Å². The van der Waals surface area contributed by atoms with E-state index in [1.807, 2.05) is 6.92 Å². The maximum absolute atomic E-state index is 12.0. The largest absolute Gasteiger partial charge is 0.478 e. The van der Waals surface area contributed by atoms with E-state index in [-0.39, 0.29) is 17.3 Å². The van der Waals surface area contributed by atoms with Gasteiger partial charge in [0.1, 0.15) is 0 Å². The summed E-state index contributed by atoms with van der Waals surface area (Å²) in [6.07, 6.45) is 2.15. The van der Waals surface area contributed by atoms with Crippen LogP contribution in [0.4, 0.5) is 0 Å². The SMILES string of the molecule is CC(CCS(C)=O)n1c(=O)[nH]c2cccc(C(=O)O)c21. The highest BCUT2D eigenvalue weighted by Gasteiger charge is 2.19. The third-order valence-electron chi connectivity index (χ3n) is 3.23. The molecule has 0 saturated carbocycles. The Labute approximate surface area is 117 Å². The predicted molar refractivity (Wildman–Crippen MR) is 77.8 cm³/mol. The molecule has 1 aromatic carbocycles. The molecule has 6 nitrogen and oxygen atoms in total. The van der Waals surface area contributed by atoms with Gasteiger partial charge in [0.15, 0.2) is 0 Å². The lowest BCUT2D eigenvalue weighted by Gasteiger charge is -2.13. The molecule has 0 aliphatic rings. The molecule has 20 heavy (non-hydrogen) atoms. The lowest BCUT2D eigenvalue weighted by atomic mass is 10.1. The molecule has 0 radical (unpaired) electrons. The number of nitrogens with zero attached hydrogens (tertiary/aromatic N) is 1. The van der Waals surface area contributed by atoms with Gasteiger partial charge < -0.3 is 10.1 Å². The molecular formula is C13H16N2O4S. The van der Waals surface area contributed by atoms with Crippen molar-refractivity contribution in [2.75, 3.05) is 12.0 Å². The smallest absolute Gasteiger partial charge is 0.337 e. The predicted octanol–water partition coefficient (Wildman–Crippen LogP) is 1.36. The number of carboxylic acid groups (broad SMARTS) is 1. The van der Waals surface area contributed by atoms with Gasteiger partial charge in [0.25, 0.3) is 0 Å². The second-order valence-corrected chi connectivity index (χ2v) is 6.28. The van der Waals surface area contributed by atoms with Gasteiger partial charge in [-0.25, -0.2) is 9.59 Å². The van der Waals surface area contributed by atoms with E-state index in [1.54, 1.807) is 18.4 Å². The number of hydrogen-bond acceptors (Lipinski definition) is 3. The molecule has 2 N–H and O–H groups in total. The Hall–Kier alpha value is -1.89. The number of H-pyrrole nitrogens is 1. The first-order valence-electron chi connectivity index (χ1n) is 6.18. The molecule has 0 amide bonds. The van der Waals surface area contributed by atoms with Crippen LogP contribution in [0.1, 0.15) is 29.7 Å². The fraction of sp³-hybridized carbons (Fsp3) is 0.385. The molecule has 7 heteroatoms.